The minimum absolute atomic E-state index is 0.185. The van der Waals surface area contributed by atoms with Crippen LogP contribution in [0.2, 0.25) is 0 Å². The smallest absolute Gasteiger partial charge is 0.0583 e. The summed E-state index contributed by atoms with van der Waals surface area (Å²) in [5.74, 6) is 0. The Balaban J connectivity index is 3.77. The molecule has 2 N–H and O–H groups in total. The van der Waals surface area contributed by atoms with Crippen LogP contribution in [0.5, 0.6) is 0 Å². The summed E-state index contributed by atoms with van der Waals surface area (Å²) in [6.07, 6.45) is 4.47. The van der Waals surface area contributed by atoms with Crippen LogP contribution in [0.4, 0.5) is 0 Å². The highest BCUT2D eigenvalue weighted by Gasteiger charge is 2.15. The first-order valence-electron chi connectivity index (χ1n) is 5.48. The SMILES string of the molecule is CCC(CC(N)CC(CC)OC)OC. The molecule has 0 heterocycles. The van der Waals surface area contributed by atoms with Gasteiger partial charge in [-0.1, -0.05) is 13.8 Å². The molecule has 3 nitrogen and oxygen atoms in total. The van der Waals surface area contributed by atoms with Gasteiger partial charge in [0.1, 0.15) is 0 Å². The highest BCUT2D eigenvalue weighted by molar-refractivity contribution is 4.71. The fraction of sp³-hybridized carbons (Fsp3) is 1.00. The van der Waals surface area contributed by atoms with Crippen molar-refractivity contribution in [3.8, 4) is 0 Å². The van der Waals surface area contributed by atoms with Gasteiger partial charge in [0.05, 0.1) is 12.2 Å². The molecule has 0 aliphatic heterocycles. The highest BCUT2D eigenvalue weighted by Crippen LogP contribution is 2.11. The Morgan fingerprint density at radius 1 is 0.929 bits per heavy atom. The lowest BCUT2D eigenvalue weighted by Crippen LogP contribution is -2.31. The van der Waals surface area contributed by atoms with E-state index in [1.165, 1.54) is 0 Å². The topological polar surface area (TPSA) is 44.5 Å². The van der Waals surface area contributed by atoms with E-state index in [-0.39, 0.29) is 6.04 Å². The summed E-state index contributed by atoms with van der Waals surface area (Å²) >= 11 is 0. The summed E-state index contributed by atoms with van der Waals surface area (Å²) in [5.41, 5.74) is 6.02. The van der Waals surface area contributed by atoms with Gasteiger partial charge in [-0.3, -0.25) is 0 Å². The average Bonchev–Trinajstić information content (AvgIpc) is 2.22. The van der Waals surface area contributed by atoms with Gasteiger partial charge in [0, 0.05) is 20.3 Å². The van der Waals surface area contributed by atoms with E-state index in [4.69, 9.17) is 15.2 Å². The van der Waals surface area contributed by atoms with Crippen molar-refractivity contribution in [2.75, 3.05) is 14.2 Å². The molecule has 86 valence electrons. The van der Waals surface area contributed by atoms with Crippen molar-refractivity contribution in [2.45, 2.75) is 57.8 Å². The lowest BCUT2D eigenvalue weighted by molar-refractivity contribution is 0.0611. The molecule has 0 saturated carbocycles. The minimum Gasteiger partial charge on any atom is -0.381 e. The number of ether oxygens (including phenoxy) is 2. The normalized spacial score (nSPS) is 17.8. The predicted octanol–water partition coefficient (Wildman–Crippen LogP) is 1.94. The lowest BCUT2D eigenvalue weighted by atomic mass is 10.0. The zero-order valence-electron chi connectivity index (χ0n) is 9.95. The summed E-state index contributed by atoms with van der Waals surface area (Å²) in [5, 5.41) is 0. The van der Waals surface area contributed by atoms with Gasteiger partial charge in [0.2, 0.25) is 0 Å². The van der Waals surface area contributed by atoms with Crippen molar-refractivity contribution in [3.63, 3.8) is 0 Å². The van der Waals surface area contributed by atoms with Crippen molar-refractivity contribution in [2.24, 2.45) is 5.73 Å². The quantitative estimate of drug-likeness (QED) is 0.655. The van der Waals surface area contributed by atoms with Crippen LogP contribution in [0.3, 0.4) is 0 Å². The Morgan fingerprint density at radius 3 is 1.50 bits per heavy atom. The molecular weight excluding hydrogens is 178 g/mol. The summed E-state index contributed by atoms with van der Waals surface area (Å²) in [6.45, 7) is 4.24. The maximum Gasteiger partial charge on any atom is 0.0583 e. The van der Waals surface area contributed by atoms with Crippen molar-refractivity contribution >= 4 is 0 Å². The third-order valence-electron chi connectivity index (χ3n) is 2.71. The maximum atomic E-state index is 6.02. The Labute approximate surface area is 88.0 Å². The summed E-state index contributed by atoms with van der Waals surface area (Å²) in [6, 6.07) is 0.185. The van der Waals surface area contributed by atoms with Gasteiger partial charge in [-0.25, -0.2) is 0 Å². The molecule has 3 heteroatoms. The van der Waals surface area contributed by atoms with Crippen LogP contribution in [-0.4, -0.2) is 32.5 Å². The summed E-state index contributed by atoms with van der Waals surface area (Å²) < 4.78 is 10.6. The van der Waals surface area contributed by atoms with E-state index in [1.807, 2.05) is 0 Å². The van der Waals surface area contributed by atoms with E-state index in [0.29, 0.717) is 12.2 Å². The highest BCUT2D eigenvalue weighted by atomic mass is 16.5. The molecule has 0 spiro atoms. The third kappa shape index (κ3) is 5.58. The second kappa shape index (κ2) is 8.21. The maximum absolute atomic E-state index is 6.02. The second-order valence-corrected chi connectivity index (χ2v) is 3.76. The number of hydrogen-bond acceptors (Lipinski definition) is 3. The van der Waals surface area contributed by atoms with Gasteiger partial charge < -0.3 is 15.2 Å². The Morgan fingerprint density at radius 2 is 1.29 bits per heavy atom. The molecule has 0 aromatic carbocycles. The second-order valence-electron chi connectivity index (χ2n) is 3.76. The molecule has 0 radical (unpaired) electrons. The van der Waals surface area contributed by atoms with E-state index in [1.54, 1.807) is 14.2 Å². The summed E-state index contributed by atoms with van der Waals surface area (Å²) in [7, 11) is 3.49. The van der Waals surface area contributed by atoms with E-state index in [9.17, 15) is 0 Å². The van der Waals surface area contributed by atoms with Crippen molar-refractivity contribution in [1.29, 1.82) is 0 Å². The van der Waals surface area contributed by atoms with Gasteiger partial charge in [-0.2, -0.15) is 0 Å². The van der Waals surface area contributed by atoms with Crippen LogP contribution in [0, 0.1) is 0 Å². The van der Waals surface area contributed by atoms with E-state index in [0.717, 1.165) is 25.7 Å². The average molecular weight is 203 g/mol. The minimum atomic E-state index is 0.185. The summed E-state index contributed by atoms with van der Waals surface area (Å²) in [4.78, 5) is 0. The molecule has 0 amide bonds. The number of methoxy groups -OCH3 is 2. The van der Waals surface area contributed by atoms with E-state index < -0.39 is 0 Å². The Kier molecular flexibility index (Phi) is 8.14. The molecule has 0 saturated heterocycles. The zero-order chi connectivity index (χ0) is 11.0. The Hall–Kier alpha value is -0.120. The molecule has 0 aromatic heterocycles. The number of rotatable bonds is 8. The lowest BCUT2D eigenvalue weighted by Gasteiger charge is -2.22. The van der Waals surface area contributed by atoms with Gasteiger partial charge in [0.25, 0.3) is 0 Å². The van der Waals surface area contributed by atoms with E-state index in [2.05, 4.69) is 13.8 Å². The van der Waals surface area contributed by atoms with E-state index >= 15 is 0 Å². The van der Waals surface area contributed by atoms with Crippen LogP contribution in [0.15, 0.2) is 0 Å². The number of nitrogens with two attached hydrogens (primary N) is 1. The third-order valence-corrected chi connectivity index (χ3v) is 2.71. The molecule has 0 aliphatic carbocycles. The molecule has 2 atom stereocenters. The molecule has 2 unspecified atom stereocenters. The van der Waals surface area contributed by atoms with Crippen LogP contribution in [-0.2, 0) is 9.47 Å². The Bertz CT molecular complexity index is 108. The monoisotopic (exact) mass is 203 g/mol. The van der Waals surface area contributed by atoms with Crippen LogP contribution in [0.1, 0.15) is 39.5 Å². The zero-order valence-corrected chi connectivity index (χ0v) is 9.95. The molecular formula is C11H25NO2. The molecule has 0 bridgehead atoms. The first-order chi connectivity index (χ1) is 6.67. The molecule has 14 heavy (non-hydrogen) atoms. The van der Waals surface area contributed by atoms with Crippen LogP contribution in [0.25, 0.3) is 0 Å². The largest absolute Gasteiger partial charge is 0.381 e. The van der Waals surface area contributed by atoms with Gasteiger partial charge in [-0.05, 0) is 25.7 Å². The molecule has 0 aliphatic rings. The molecule has 0 rings (SSSR count). The number of hydrogen-bond donors (Lipinski definition) is 1. The van der Waals surface area contributed by atoms with Crippen molar-refractivity contribution in [3.05, 3.63) is 0 Å². The first kappa shape index (κ1) is 13.9. The van der Waals surface area contributed by atoms with Crippen molar-refractivity contribution < 1.29 is 9.47 Å². The molecule has 0 fully saturated rings. The fourth-order valence-corrected chi connectivity index (χ4v) is 1.63. The van der Waals surface area contributed by atoms with Gasteiger partial charge in [-0.15, -0.1) is 0 Å². The fourth-order valence-electron chi connectivity index (χ4n) is 1.63. The van der Waals surface area contributed by atoms with Gasteiger partial charge in [0.15, 0.2) is 0 Å². The van der Waals surface area contributed by atoms with Gasteiger partial charge >= 0.3 is 0 Å². The van der Waals surface area contributed by atoms with Crippen molar-refractivity contribution in [1.82, 2.24) is 0 Å². The first-order valence-corrected chi connectivity index (χ1v) is 5.48. The van der Waals surface area contributed by atoms with Crippen LogP contribution >= 0.6 is 0 Å². The van der Waals surface area contributed by atoms with Crippen LogP contribution < -0.4 is 5.73 Å². The molecule has 0 aromatic rings. The standard InChI is InChI=1S/C11H25NO2/c1-5-10(13-3)7-9(12)8-11(6-2)14-4/h9-11H,5-8,12H2,1-4H3. The predicted molar refractivity (Wildman–Crippen MR) is 59.4 cm³/mol.